The molecule has 0 aliphatic heterocycles. The third-order valence-corrected chi connectivity index (χ3v) is 6.01. The summed E-state index contributed by atoms with van der Waals surface area (Å²) in [7, 11) is 3.25. The zero-order valence-electron chi connectivity index (χ0n) is 18.7. The average molecular weight is 476 g/mol. The van der Waals surface area contributed by atoms with Crippen molar-refractivity contribution < 1.29 is 9.47 Å². The van der Waals surface area contributed by atoms with Gasteiger partial charge in [-0.15, -0.1) is 10.2 Å². The molecule has 0 amide bonds. The van der Waals surface area contributed by atoms with Gasteiger partial charge in [0.05, 0.1) is 25.0 Å². The van der Waals surface area contributed by atoms with Gasteiger partial charge in [-0.2, -0.15) is 5.10 Å². The van der Waals surface area contributed by atoms with Crippen molar-refractivity contribution in [2.24, 2.45) is 0 Å². The van der Waals surface area contributed by atoms with E-state index in [9.17, 15) is 4.79 Å². The third kappa shape index (κ3) is 3.91. The molecule has 0 bridgehead atoms. The van der Waals surface area contributed by atoms with Gasteiger partial charge in [0.25, 0.3) is 5.56 Å². The highest BCUT2D eigenvalue weighted by atomic mass is 35.5. The molecule has 2 aromatic carbocycles. The number of ether oxygens (including phenoxy) is 2. The average Bonchev–Trinajstić information content (AvgIpc) is 3.23. The summed E-state index contributed by atoms with van der Waals surface area (Å²) in [5.74, 6) is 0.801. The zero-order valence-corrected chi connectivity index (χ0v) is 19.5. The smallest absolute Gasteiger partial charge is 0.280 e. The predicted octanol–water partition coefficient (Wildman–Crippen LogP) is 4.16. The van der Waals surface area contributed by atoms with Crippen LogP contribution in [0.1, 0.15) is 11.3 Å². The first-order valence-corrected chi connectivity index (χ1v) is 11.1. The Balaban J connectivity index is 1.58. The SMILES string of the molecule is COCc1nn2c(nnc3c(=O)n(CCc4ccccc4OC)ccc32)c1-c1ccc(Cl)cc1. The van der Waals surface area contributed by atoms with Crippen molar-refractivity contribution in [2.75, 3.05) is 14.2 Å². The van der Waals surface area contributed by atoms with Gasteiger partial charge in [0.2, 0.25) is 0 Å². The molecule has 5 aromatic rings. The minimum atomic E-state index is -0.223. The van der Waals surface area contributed by atoms with E-state index < -0.39 is 0 Å². The Hall–Kier alpha value is -3.75. The monoisotopic (exact) mass is 475 g/mol. The molecule has 8 nitrogen and oxygen atoms in total. The van der Waals surface area contributed by atoms with E-state index >= 15 is 0 Å². The van der Waals surface area contributed by atoms with E-state index in [2.05, 4.69) is 10.2 Å². The van der Waals surface area contributed by atoms with Gasteiger partial charge in [-0.05, 0) is 41.8 Å². The molecule has 0 N–H and O–H groups in total. The van der Waals surface area contributed by atoms with Gasteiger partial charge in [-0.1, -0.05) is 41.9 Å². The fourth-order valence-electron chi connectivity index (χ4n) is 4.10. The number of aromatic nitrogens is 5. The van der Waals surface area contributed by atoms with Crippen LogP contribution >= 0.6 is 11.6 Å². The maximum absolute atomic E-state index is 13.2. The molecule has 9 heteroatoms. The summed E-state index contributed by atoms with van der Waals surface area (Å²) in [6, 6.07) is 17.1. The van der Waals surface area contributed by atoms with Crippen LogP contribution in [-0.4, -0.2) is 38.6 Å². The van der Waals surface area contributed by atoms with Crippen molar-refractivity contribution in [2.45, 2.75) is 19.6 Å². The number of pyridine rings is 1. The summed E-state index contributed by atoms with van der Waals surface area (Å²) >= 11 is 6.07. The molecule has 0 unspecified atom stereocenters. The van der Waals surface area contributed by atoms with Crippen LogP contribution in [0.2, 0.25) is 5.02 Å². The fraction of sp³-hybridized carbons (Fsp3) is 0.200. The summed E-state index contributed by atoms with van der Waals surface area (Å²) in [5, 5.41) is 14.0. The highest BCUT2D eigenvalue weighted by Crippen LogP contribution is 2.30. The quantitative estimate of drug-likeness (QED) is 0.351. The standard InChI is InChI=1S/C25H22ClN5O3/c1-33-15-19-22(17-7-9-18(26)10-8-17)24-28-27-23-20(31(24)29-19)12-14-30(25(23)32)13-11-16-5-3-4-6-21(16)34-2/h3-10,12,14H,11,13,15H2,1-2H3. The summed E-state index contributed by atoms with van der Waals surface area (Å²) < 4.78 is 14.1. The number of hydrogen-bond acceptors (Lipinski definition) is 6. The summed E-state index contributed by atoms with van der Waals surface area (Å²) in [5.41, 5.74) is 4.59. The Morgan fingerprint density at radius 1 is 1.00 bits per heavy atom. The summed E-state index contributed by atoms with van der Waals surface area (Å²) in [6.07, 6.45) is 2.41. The first-order valence-electron chi connectivity index (χ1n) is 10.7. The molecule has 0 aliphatic rings. The predicted molar refractivity (Wildman–Crippen MR) is 130 cm³/mol. The van der Waals surface area contributed by atoms with Crippen LogP contribution < -0.4 is 10.3 Å². The van der Waals surface area contributed by atoms with Gasteiger partial charge in [-0.25, -0.2) is 4.52 Å². The first kappa shape index (κ1) is 22.1. The van der Waals surface area contributed by atoms with Crippen LogP contribution in [0.3, 0.4) is 0 Å². The number of para-hydroxylation sites is 1. The Morgan fingerprint density at radius 2 is 1.79 bits per heavy atom. The number of aryl methyl sites for hydroxylation is 2. The van der Waals surface area contributed by atoms with Crippen molar-refractivity contribution in [1.82, 2.24) is 24.4 Å². The van der Waals surface area contributed by atoms with Crippen molar-refractivity contribution in [3.05, 3.63) is 87.4 Å². The molecule has 3 heterocycles. The molecule has 0 spiro atoms. The highest BCUT2D eigenvalue weighted by molar-refractivity contribution is 6.30. The van der Waals surface area contributed by atoms with Crippen molar-refractivity contribution in [3.63, 3.8) is 0 Å². The van der Waals surface area contributed by atoms with E-state index in [0.29, 0.717) is 41.5 Å². The number of nitrogens with zero attached hydrogens (tertiary/aromatic N) is 5. The number of benzene rings is 2. The molecule has 3 aromatic heterocycles. The molecule has 0 saturated carbocycles. The maximum atomic E-state index is 13.2. The van der Waals surface area contributed by atoms with E-state index in [1.54, 1.807) is 29.5 Å². The van der Waals surface area contributed by atoms with E-state index in [1.165, 1.54) is 0 Å². The Morgan fingerprint density at radius 3 is 2.56 bits per heavy atom. The normalized spacial score (nSPS) is 11.4. The van der Waals surface area contributed by atoms with Gasteiger partial charge in [-0.3, -0.25) is 4.79 Å². The topological polar surface area (TPSA) is 83.5 Å². The van der Waals surface area contributed by atoms with Gasteiger partial charge in [0.15, 0.2) is 11.2 Å². The van der Waals surface area contributed by atoms with E-state index in [4.69, 9.17) is 26.2 Å². The molecule has 0 atom stereocenters. The van der Waals surface area contributed by atoms with Crippen LogP contribution in [-0.2, 0) is 24.3 Å². The largest absolute Gasteiger partial charge is 0.496 e. The molecule has 0 fully saturated rings. The third-order valence-electron chi connectivity index (χ3n) is 5.75. The van der Waals surface area contributed by atoms with Crippen LogP contribution in [0.5, 0.6) is 5.75 Å². The number of methoxy groups -OCH3 is 2. The molecule has 0 saturated heterocycles. The maximum Gasteiger partial charge on any atom is 0.280 e. The van der Waals surface area contributed by atoms with Gasteiger partial charge in [0, 0.05) is 24.9 Å². The number of hydrogen-bond donors (Lipinski definition) is 0. The summed E-state index contributed by atoms with van der Waals surface area (Å²) in [4.78, 5) is 13.2. The minimum absolute atomic E-state index is 0.223. The first-order chi connectivity index (χ1) is 16.6. The lowest BCUT2D eigenvalue weighted by Gasteiger charge is -2.10. The second kappa shape index (κ2) is 9.24. The molecule has 5 rings (SSSR count). The Kier molecular flexibility index (Phi) is 6.00. The van der Waals surface area contributed by atoms with Crippen molar-refractivity contribution >= 4 is 28.3 Å². The lowest BCUT2D eigenvalue weighted by atomic mass is 10.1. The molecule has 0 aliphatic carbocycles. The second-order valence-corrected chi connectivity index (χ2v) is 8.24. The fourth-order valence-corrected chi connectivity index (χ4v) is 4.23. The molecule has 34 heavy (non-hydrogen) atoms. The Bertz CT molecular complexity index is 1540. The van der Waals surface area contributed by atoms with Crippen LogP contribution in [0.25, 0.3) is 27.8 Å². The van der Waals surface area contributed by atoms with Gasteiger partial charge in [0.1, 0.15) is 11.3 Å². The number of fused-ring (bicyclic) bond motifs is 3. The van der Waals surface area contributed by atoms with Crippen LogP contribution in [0.15, 0.2) is 65.6 Å². The lowest BCUT2D eigenvalue weighted by Crippen LogP contribution is -2.22. The van der Waals surface area contributed by atoms with E-state index in [0.717, 1.165) is 22.4 Å². The van der Waals surface area contributed by atoms with E-state index in [-0.39, 0.29) is 11.1 Å². The number of rotatable bonds is 7. The van der Waals surface area contributed by atoms with Gasteiger partial charge < -0.3 is 14.0 Å². The molecule has 0 radical (unpaired) electrons. The van der Waals surface area contributed by atoms with E-state index in [1.807, 2.05) is 54.6 Å². The minimum Gasteiger partial charge on any atom is -0.496 e. The lowest BCUT2D eigenvalue weighted by molar-refractivity contribution is 0.181. The number of halogens is 1. The van der Waals surface area contributed by atoms with Crippen molar-refractivity contribution in [3.8, 4) is 16.9 Å². The zero-order chi connectivity index (χ0) is 23.7. The Labute approximate surface area is 200 Å². The van der Waals surface area contributed by atoms with Gasteiger partial charge >= 0.3 is 0 Å². The van der Waals surface area contributed by atoms with Crippen LogP contribution in [0.4, 0.5) is 0 Å². The molecular formula is C25H22ClN5O3. The van der Waals surface area contributed by atoms with Crippen molar-refractivity contribution in [1.29, 1.82) is 0 Å². The molecular weight excluding hydrogens is 454 g/mol. The molecule has 172 valence electrons. The second-order valence-electron chi connectivity index (χ2n) is 7.81. The van der Waals surface area contributed by atoms with Crippen LogP contribution in [0, 0.1) is 0 Å². The highest BCUT2D eigenvalue weighted by Gasteiger charge is 2.19. The summed E-state index contributed by atoms with van der Waals surface area (Å²) in [6.45, 7) is 0.776.